The summed E-state index contributed by atoms with van der Waals surface area (Å²) in [5.74, 6) is 0. The zero-order chi connectivity index (χ0) is 13.2. The Balaban J connectivity index is 3.77. The Kier molecular flexibility index (Phi) is 3.08. The van der Waals surface area contributed by atoms with Crippen molar-refractivity contribution in [1.82, 2.24) is 0 Å². The Hall–Kier alpha value is -2.91. The van der Waals surface area contributed by atoms with Gasteiger partial charge in [-0.2, -0.15) is 0 Å². The molecule has 0 atom stereocenters. The molecule has 0 aliphatic carbocycles. The van der Waals surface area contributed by atoms with E-state index in [2.05, 4.69) is 0 Å². The first kappa shape index (κ1) is 12.2. The van der Waals surface area contributed by atoms with Crippen molar-refractivity contribution in [2.45, 2.75) is 0 Å². The minimum Gasteiger partial charge on any atom is -0.285 e. The minimum atomic E-state index is -1.33. The van der Waals surface area contributed by atoms with Gasteiger partial charge in [0, 0.05) is 6.07 Å². The molecule has 0 N–H and O–H groups in total. The molecule has 0 saturated heterocycles. The van der Waals surface area contributed by atoms with Gasteiger partial charge in [0.2, 0.25) is 6.29 Å². The van der Waals surface area contributed by atoms with E-state index in [0.717, 1.165) is 12.4 Å². The maximum absolute atomic E-state index is 10.6. The van der Waals surface area contributed by atoms with Crippen molar-refractivity contribution < 1.29 is 19.6 Å². The monoisotopic (exact) mass is 240 g/mol. The molecule has 0 aliphatic heterocycles. The quantitative estimate of drug-likeness (QED) is 0.559. The van der Waals surface area contributed by atoms with Gasteiger partial charge in [-0.3, -0.25) is 35.1 Å². The van der Waals surface area contributed by atoms with Gasteiger partial charge >= 0.3 is 17.1 Å². The van der Waals surface area contributed by atoms with Crippen molar-refractivity contribution in [3.05, 3.63) is 48.0 Å². The summed E-state index contributed by atoms with van der Waals surface area (Å²) in [5, 5.41) is 31.6. The number of nitro benzene ring substituents is 3. The lowest BCUT2D eigenvalue weighted by Gasteiger charge is -1.98. The zero-order valence-electron chi connectivity index (χ0n) is 7.85. The van der Waals surface area contributed by atoms with Crippen LogP contribution in [-0.4, -0.2) is 21.1 Å². The molecular formula is C7H2N3O7. The standard InChI is InChI=1S/C7H2N3O7/c11-3-4-1-2-5(8(12)13)7(10(16)17)6(4)9(14)15/h1-2H. The summed E-state index contributed by atoms with van der Waals surface area (Å²) in [5.41, 5.74) is -4.34. The fourth-order valence-electron chi connectivity index (χ4n) is 1.16. The predicted molar refractivity (Wildman–Crippen MR) is 51.2 cm³/mol. The Morgan fingerprint density at radius 3 is 1.76 bits per heavy atom. The van der Waals surface area contributed by atoms with Gasteiger partial charge in [-0.05, 0) is 6.07 Å². The maximum Gasteiger partial charge on any atom is 0.423 e. The van der Waals surface area contributed by atoms with Crippen LogP contribution in [0.2, 0.25) is 0 Å². The van der Waals surface area contributed by atoms with E-state index in [9.17, 15) is 35.1 Å². The Bertz CT molecular complexity index is 539. The summed E-state index contributed by atoms with van der Waals surface area (Å²) in [6.45, 7) is 0. The molecule has 1 radical (unpaired) electrons. The van der Waals surface area contributed by atoms with Gasteiger partial charge in [0.15, 0.2) is 0 Å². The second-order valence-electron chi connectivity index (χ2n) is 2.70. The first-order valence-electron chi connectivity index (χ1n) is 3.88. The van der Waals surface area contributed by atoms with E-state index in [0.29, 0.717) is 6.07 Å². The first-order valence-corrected chi connectivity index (χ1v) is 3.88. The highest BCUT2D eigenvalue weighted by molar-refractivity contribution is 5.87. The van der Waals surface area contributed by atoms with E-state index < -0.39 is 37.4 Å². The minimum absolute atomic E-state index is 0.644. The van der Waals surface area contributed by atoms with Crippen molar-refractivity contribution >= 4 is 23.3 Å². The van der Waals surface area contributed by atoms with Gasteiger partial charge < -0.3 is 0 Å². The average Bonchev–Trinajstić information content (AvgIpc) is 2.26. The number of carbonyl (C=O) groups excluding carboxylic acids is 1. The smallest absolute Gasteiger partial charge is 0.285 e. The summed E-state index contributed by atoms with van der Waals surface area (Å²) < 4.78 is 0. The van der Waals surface area contributed by atoms with E-state index in [-0.39, 0.29) is 0 Å². The van der Waals surface area contributed by atoms with Crippen LogP contribution < -0.4 is 0 Å². The van der Waals surface area contributed by atoms with Crippen LogP contribution in [0.1, 0.15) is 5.56 Å². The van der Waals surface area contributed by atoms with Crippen LogP contribution in [0.4, 0.5) is 17.1 Å². The van der Waals surface area contributed by atoms with Crippen molar-refractivity contribution in [2.24, 2.45) is 0 Å². The lowest BCUT2D eigenvalue weighted by Crippen LogP contribution is -2.04. The molecule has 0 aromatic heterocycles. The van der Waals surface area contributed by atoms with Crippen LogP contribution in [0.25, 0.3) is 0 Å². The molecule has 0 saturated carbocycles. The Morgan fingerprint density at radius 2 is 1.41 bits per heavy atom. The van der Waals surface area contributed by atoms with Crippen LogP contribution >= 0.6 is 0 Å². The first-order chi connectivity index (χ1) is 7.90. The van der Waals surface area contributed by atoms with Gasteiger partial charge in [0.05, 0.1) is 14.8 Å². The van der Waals surface area contributed by atoms with Gasteiger partial charge in [-0.25, -0.2) is 0 Å². The summed E-state index contributed by atoms with van der Waals surface area (Å²) in [7, 11) is 0. The molecule has 0 fully saturated rings. The molecule has 0 unspecified atom stereocenters. The molecule has 0 spiro atoms. The fourth-order valence-corrected chi connectivity index (χ4v) is 1.16. The maximum atomic E-state index is 10.6. The lowest BCUT2D eigenvalue weighted by molar-refractivity contribution is -0.441. The summed E-state index contributed by atoms with van der Waals surface area (Å²) in [6.07, 6.45) is 1.12. The lowest BCUT2D eigenvalue weighted by atomic mass is 10.1. The molecule has 17 heavy (non-hydrogen) atoms. The zero-order valence-corrected chi connectivity index (χ0v) is 7.85. The molecule has 87 valence electrons. The van der Waals surface area contributed by atoms with Crippen LogP contribution in [0, 0.1) is 30.3 Å². The fraction of sp³-hybridized carbons (Fsp3) is 0. The SMILES string of the molecule is O=[C]c1ccc([N+](=O)[O-])c([N+](=O)[O-])c1[N+](=O)[O-]. The van der Waals surface area contributed by atoms with Gasteiger partial charge in [0.25, 0.3) is 0 Å². The number of rotatable bonds is 4. The molecular weight excluding hydrogens is 238 g/mol. The van der Waals surface area contributed by atoms with Crippen LogP contribution in [0.15, 0.2) is 12.1 Å². The van der Waals surface area contributed by atoms with Crippen molar-refractivity contribution in [3.8, 4) is 0 Å². The van der Waals surface area contributed by atoms with Gasteiger partial charge in [0.1, 0.15) is 5.56 Å². The number of nitro groups is 3. The number of nitrogens with zero attached hydrogens (tertiary/aromatic N) is 3. The highest BCUT2D eigenvalue weighted by atomic mass is 16.6. The number of benzene rings is 1. The average molecular weight is 240 g/mol. The Morgan fingerprint density at radius 1 is 0.882 bits per heavy atom. The number of hydrogen-bond acceptors (Lipinski definition) is 7. The van der Waals surface area contributed by atoms with Gasteiger partial charge in [-0.1, -0.05) is 0 Å². The van der Waals surface area contributed by atoms with Crippen molar-refractivity contribution in [3.63, 3.8) is 0 Å². The third-order valence-electron chi connectivity index (χ3n) is 1.80. The second kappa shape index (κ2) is 4.30. The summed E-state index contributed by atoms with van der Waals surface area (Å²) in [4.78, 5) is 38.4. The largest absolute Gasteiger partial charge is 0.423 e. The van der Waals surface area contributed by atoms with Crippen molar-refractivity contribution in [1.29, 1.82) is 0 Å². The third kappa shape index (κ3) is 2.04. The molecule has 1 aromatic rings. The molecule has 0 amide bonds. The van der Waals surface area contributed by atoms with Gasteiger partial charge in [-0.15, -0.1) is 0 Å². The van der Waals surface area contributed by atoms with E-state index in [1.54, 1.807) is 0 Å². The highest BCUT2D eigenvalue weighted by Crippen LogP contribution is 2.37. The highest BCUT2D eigenvalue weighted by Gasteiger charge is 2.38. The second-order valence-corrected chi connectivity index (χ2v) is 2.70. The van der Waals surface area contributed by atoms with E-state index in [1.165, 1.54) is 0 Å². The summed E-state index contributed by atoms with van der Waals surface area (Å²) in [6, 6.07) is 1.38. The molecule has 0 bridgehead atoms. The predicted octanol–water partition coefficient (Wildman–Crippen LogP) is 0.869. The third-order valence-corrected chi connectivity index (χ3v) is 1.80. The van der Waals surface area contributed by atoms with E-state index >= 15 is 0 Å². The van der Waals surface area contributed by atoms with Crippen LogP contribution in [0.5, 0.6) is 0 Å². The molecule has 10 heteroatoms. The Labute approximate surface area is 91.9 Å². The molecule has 0 heterocycles. The normalized spacial score (nSPS) is 9.65. The molecule has 1 rings (SSSR count). The summed E-state index contributed by atoms with van der Waals surface area (Å²) >= 11 is 0. The number of hydrogen-bond donors (Lipinski definition) is 0. The van der Waals surface area contributed by atoms with Crippen molar-refractivity contribution in [2.75, 3.05) is 0 Å². The van der Waals surface area contributed by atoms with Crippen LogP contribution in [-0.2, 0) is 4.79 Å². The van der Waals surface area contributed by atoms with E-state index in [1.807, 2.05) is 0 Å². The van der Waals surface area contributed by atoms with E-state index in [4.69, 9.17) is 0 Å². The molecule has 1 aromatic carbocycles. The molecule has 10 nitrogen and oxygen atoms in total. The molecule has 0 aliphatic rings. The topological polar surface area (TPSA) is 146 Å². The van der Waals surface area contributed by atoms with Crippen LogP contribution in [0.3, 0.4) is 0 Å².